The Morgan fingerprint density at radius 1 is 1.04 bits per heavy atom. The molecule has 12 heteroatoms. The van der Waals surface area contributed by atoms with Crippen LogP contribution in [0.15, 0.2) is 47.6 Å². The van der Waals surface area contributed by atoms with Crippen molar-refractivity contribution in [1.82, 2.24) is 5.43 Å². The molecule has 0 aliphatic carbocycles. The Morgan fingerprint density at radius 3 is 2.29 bits per heavy atom. The summed E-state index contributed by atoms with van der Waals surface area (Å²) in [6, 6.07) is 8.89. The first-order valence-electron chi connectivity index (χ1n) is 7.53. The van der Waals surface area contributed by atoms with Crippen molar-refractivity contribution in [3.63, 3.8) is 0 Å². The number of carbonyl (C=O) groups excluding carboxylic acids is 2. The van der Waals surface area contributed by atoms with Crippen molar-refractivity contribution in [1.29, 1.82) is 0 Å². The summed E-state index contributed by atoms with van der Waals surface area (Å²) in [6.45, 7) is 0. The molecule has 0 saturated carbocycles. The van der Waals surface area contributed by atoms with E-state index in [1.807, 2.05) is 5.43 Å². The van der Waals surface area contributed by atoms with Gasteiger partial charge in [0.1, 0.15) is 0 Å². The normalized spacial score (nSPS) is 10.3. The second kappa shape index (κ2) is 8.84. The zero-order chi connectivity index (χ0) is 20.7. The third kappa shape index (κ3) is 5.08. The fourth-order valence-electron chi connectivity index (χ4n) is 2.00. The van der Waals surface area contributed by atoms with Crippen molar-refractivity contribution in [2.24, 2.45) is 5.10 Å². The molecule has 2 aromatic rings. The first-order chi connectivity index (χ1) is 13.3. The summed E-state index contributed by atoms with van der Waals surface area (Å²) < 4.78 is 4.87. The zero-order valence-electron chi connectivity index (χ0n) is 14.3. The van der Waals surface area contributed by atoms with Crippen LogP contribution >= 0.6 is 0 Å². The monoisotopic (exact) mass is 387 g/mol. The topological polar surface area (TPSA) is 166 Å². The molecule has 144 valence electrons. The van der Waals surface area contributed by atoms with Crippen LogP contribution in [0.2, 0.25) is 0 Å². The summed E-state index contributed by atoms with van der Waals surface area (Å²) in [5.74, 6) is -2.09. The molecule has 28 heavy (non-hydrogen) atoms. The first-order valence-corrected chi connectivity index (χ1v) is 7.53. The molecule has 0 heterocycles. The molecule has 2 rings (SSSR count). The minimum atomic E-state index is -1.10. The second-order valence-electron chi connectivity index (χ2n) is 5.15. The quantitative estimate of drug-likeness (QED) is 0.328. The lowest BCUT2D eigenvalue weighted by Crippen LogP contribution is -2.32. The molecule has 0 spiro atoms. The van der Waals surface area contributed by atoms with Gasteiger partial charge in [-0.1, -0.05) is 0 Å². The molecule has 2 aromatic carbocycles. The number of rotatable bonds is 6. The van der Waals surface area contributed by atoms with Crippen molar-refractivity contribution in [2.45, 2.75) is 0 Å². The molecule has 0 unspecified atom stereocenters. The number of nitro groups is 2. The van der Waals surface area contributed by atoms with E-state index >= 15 is 0 Å². The molecule has 0 aromatic heterocycles. The molecule has 0 fully saturated rings. The fourth-order valence-corrected chi connectivity index (χ4v) is 2.00. The van der Waals surface area contributed by atoms with Gasteiger partial charge in [0, 0.05) is 29.4 Å². The van der Waals surface area contributed by atoms with Crippen LogP contribution in [0.4, 0.5) is 17.1 Å². The van der Waals surface area contributed by atoms with Crippen molar-refractivity contribution in [2.75, 3.05) is 12.4 Å². The van der Waals surface area contributed by atoms with E-state index in [4.69, 9.17) is 4.74 Å². The first kappa shape index (κ1) is 20.0. The number of non-ortho nitro benzene ring substituents is 1. The molecular weight excluding hydrogens is 374 g/mol. The Morgan fingerprint density at radius 2 is 1.71 bits per heavy atom. The predicted molar refractivity (Wildman–Crippen MR) is 97.1 cm³/mol. The summed E-state index contributed by atoms with van der Waals surface area (Å²) in [5, 5.41) is 27.3. The Labute approximate surface area is 157 Å². The van der Waals surface area contributed by atoms with E-state index in [1.165, 1.54) is 49.6 Å². The molecule has 2 N–H and O–H groups in total. The number of methoxy groups -OCH3 is 1. The molecule has 2 amide bonds. The number of carbonyl (C=O) groups is 2. The van der Waals surface area contributed by atoms with Gasteiger partial charge in [0.2, 0.25) is 0 Å². The number of anilines is 1. The van der Waals surface area contributed by atoms with E-state index in [9.17, 15) is 29.8 Å². The number of hydrazone groups is 1. The molecule has 0 radical (unpaired) electrons. The molecule has 0 bridgehead atoms. The van der Waals surface area contributed by atoms with Crippen LogP contribution in [0.5, 0.6) is 5.75 Å². The highest BCUT2D eigenvalue weighted by molar-refractivity contribution is 6.39. The summed E-state index contributed by atoms with van der Waals surface area (Å²) in [7, 11) is 1.29. The lowest BCUT2D eigenvalue weighted by molar-refractivity contribution is -0.385. The van der Waals surface area contributed by atoms with Gasteiger partial charge in [0.05, 0.1) is 23.2 Å². The second-order valence-corrected chi connectivity index (χ2v) is 5.15. The van der Waals surface area contributed by atoms with Gasteiger partial charge in [-0.15, -0.1) is 0 Å². The number of nitrogens with zero attached hydrogens (tertiary/aromatic N) is 3. The largest absolute Gasteiger partial charge is 0.490 e. The minimum Gasteiger partial charge on any atom is -0.490 e. The van der Waals surface area contributed by atoms with Crippen molar-refractivity contribution >= 4 is 35.1 Å². The summed E-state index contributed by atoms with van der Waals surface area (Å²) in [5.41, 5.74) is 1.99. The summed E-state index contributed by atoms with van der Waals surface area (Å²) >= 11 is 0. The van der Waals surface area contributed by atoms with Crippen LogP contribution in [0.3, 0.4) is 0 Å². The van der Waals surface area contributed by atoms with Crippen LogP contribution in [0, 0.1) is 20.2 Å². The van der Waals surface area contributed by atoms with E-state index in [0.29, 0.717) is 5.56 Å². The summed E-state index contributed by atoms with van der Waals surface area (Å²) in [6.07, 6.45) is 1.11. The van der Waals surface area contributed by atoms with Gasteiger partial charge in [-0.2, -0.15) is 5.10 Å². The fraction of sp³-hybridized carbons (Fsp3) is 0.0625. The van der Waals surface area contributed by atoms with Crippen molar-refractivity contribution in [3.8, 4) is 5.75 Å². The van der Waals surface area contributed by atoms with Crippen molar-refractivity contribution in [3.05, 3.63) is 68.3 Å². The van der Waals surface area contributed by atoms with E-state index in [-0.39, 0.29) is 22.8 Å². The molecule has 0 saturated heterocycles. The molecule has 0 aliphatic rings. The standard InChI is InChI=1S/C16H13N5O7/c1-28-14-7-2-10(8-13(14)21(26)27)9-17-19-16(23)15(22)18-11-3-5-12(6-4-11)20(24)25/h2-9H,1H3,(H,18,22)(H,19,23)/b17-9-. The lowest BCUT2D eigenvalue weighted by atomic mass is 10.2. The number of ether oxygens (including phenoxy) is 1. The Bertz CT molecular complexity index is 956. The number of hydrogen-bond donors (Lipinski definition) is 2. The smallest absolute Gasteiger partial charge is 0.329 e. The average Bonchev–Trinajstić information content (AvgIpc) is 2.68. The highest BCUT2D eigenvalue weighted by atomic mass is 16.6. The predicted octanol–water partition coefficient (Wildman–Crippen LogP) is 1.60. The molecule has 0 aliphatic heterocycles. The van der Waals surface area contributed by atoms with Crippen LogP contribution in [0.1, 0.15) is 5.56 Å². The number of amides is 2. The van der Waals surface area contributed by atoms with Gasteiger partial charge in [-0.25, -0.2) is 5.43 Å². The van der Waals surface area contributed by atoms with Crippen LogP contribution < -0.4 is 15.5 Å². The van der Waals surface area contributed by atoms with Crippen LogP contribution in [-0.4, -0.2) is 35.0 Å². The highest BCUT2D eigenvalue weighted by Crippen LogP contribution is 2.26. The van der Waals surface area contributed by atoms with Crippen molar-refractivity contribution < 1.29 is 24.2 Å². The summed E-state index contributed by atoms with van der Waals surface area (Å²) in [4.78, 5) is 43.8. The third-order valence-corrected chi connectivity index (χ3v) is 3.32. The third-order valence-electron chi connectivity index (χ3n) is 3.32. The maximum Gasteiger partial charge on any atom is 0.329 e. The lowest BCUT2D eigenvalue weighted by Gasteiger charge is -2.04. The molecule has 0 atom stereocenters. The van der Waals surface area contributed by atoms with Crippen LogP contribution in [0.25, 0.3) is 0 Å². The Kier molecular flexibility index (Phi) is 6.31. The minimum absolute atomic E-state index is 0.0636. The van der Waals surface area contributed by atoms with Crippen LogP contribution in [-0.2, 0) is 9.59 Å². The van der Waals surface area contributed by atoms with E-state index in [2.05, 4.69) is 10.4 Å². The number of nitro benzene ring substituents is 2. The van der Waals surface area contributed by atoms with Gasteiger partial charge in [0.25, 0.3) is 5.69 Å². The highest BCUT2D eigenvalue weighted by Gasteiger charge is 2.15. The van der Waals surface area contributed by atoms with E-state index < -0.39 is 21.7 Å². The molecular formula is C16H13N5O7. The van der Waals surface area contributed by atoms with Gasteiger partial charge < -0.3 is 10.1 Å². The Hall–Kier alpha value is -4.35. The van der Waals surface area contributed by atoms with E-state index in [0.717, 1.165) is 6.21 Å². The zero-order valence-corrected chi connectivity index (χ0v) is 14.3. The average molecular weight is 387 g/mol. The van der Waals surface area contributed by atoms with Gasteiger partial charge >= 0.3 is 17.5 Å². The SMILES string of the molecule is COc1ccc(/C=N\NC(=O)C(=O)Nc2ccc([N+](=O)[O-])cc2)cc1[N+](=O)[O-]. The maximum absolute atomic E-state index is 11.8. The number of nitrogens with one attached hydrogen (secondary N) is 2. The number of benzene rings is 2. The van der Waals surface area contributed by atoms with Gasteiger partial charge in [-0.05, 0) is 24.3 Å². The van der Waals surface area contributed by atoms with Gasteiger partial charge in [0.15, 0.2) is 5.75 Å². The Balaban J connectivity index is 1.97. The number of hydrogen-bond acceptors (Lipinski definition) is 8. The maximum atomic E-state index is 11.8. The van der Waals surface area contributed by atoms with E-state index in [1.54, 1.807) is 0 Å². The molecule has 12 nitrogen and oxygen atoms in total. The van der Waals surface area contributed by atoms with Gasteiger partial charge in [-0.3, -0.25) is 29.8 Å².